The van der Waals surface area contributed by atoms with Crippen LogP contribution in [0.1, 0.15) is 21.0 Å². The summed E-state index contributed by atoms with van der Waals surface area (Å²) in [6.45, 7) is 3.14. The first-order valence-corrected chi connectivity index (χ1v) is 10.3. The van der Waals surface area contributed by atoms with Crippen molar-refractivity contribution < 1.29 is 18.8 Å². The lowest BCUT2D eigenvalue weighted by molar-refractivity contribution is -0.116. The molecule has 0 unspecified atom stereocenters. The molecule has 1 aromatic carbocycles. The van der Waals surface area contributed by atoms with Crippen molar-refractivity contribution in [3.63, 3.8) is 0 Å². The Kier molecular flexibility index (Phi) is 5.73. The van der Waals surface area contributed by atoms with Gasteiger partial charge in [0.1, 0.15) is 22.9 Å². The Morgan fingerprint density at radius 3 is 2.72 bits per heavy atom. The van der Waals surface area contributed by atoms with E-state index in [2.05, 4.69) is 20.8 Å². The number of hydrogen-bond acceptors (Lipinski definition) is 8. The molecule has 10 nitrogen and oxygen atoms in total. The van der Waals surface area contributed by atoms with E-state index in [0.29, 0.717) is 37.9 Å². The molecule has 4 rings (SSSR count). The third-order valence-electron chi connectivity index (χ3n) is 4.69. The minimum absolute atomic E-state index is 0.241. The number of aromatic nitrogens is 3. The maximum Gasteiger partial charge on any atom is 0.267 e. The number of fused-ring (bicyclic) bond motifs is 1. The summed E-state index contributed by atoms with van der Waals surface area (Å²) in [5.41, 5.74) is 0.575. The van der Waals surface area contributed by atoms with Gasteiger partial charge in [0.2, 0.25) is 5.91 Å². The van der Waals surface area contributed by atoms with E-state index in [9.17, 15) is 14.4 Å². The molecule has 32 heavy (non-hydrogen) atoms. The van der Waals surface area contributed by atoms with Crippen molar-refractivity contribution >= 4 is 44.9 Å². The molecule has 0 spiro atoms. The minimum atomic E-state index is -0.418. The number of methoxy groups -OCH3 is 1. The number of para-hydroxylation sites is 2. The van der Waals surface area contributed by atoms with Gasteiger partial charge in [-0.25, -0.2) is 4.98 Å². The maximum atomic E-state index is 13.0. The molecule has 164 valence electrons. The van der Waals surface area contributed by atoms with Crippen LogP contribution < -0.4 is 20.9 Å². The van der Waals surface area contributed by atoms with Crippen LogP contribution in [0.25, 0.3) is 10.2 Å². The minimum Gasteiger partial charge on any atom is -0.495 e. The molecular weight excluding hydrogens is 434 g/mol. The number of hydrogen-bond donors (Lipinski definition) is 2. The Morgan fingerprint density at radius 1 is 1.22 bits per heavy atom. The quantitative estimate of drug-likeness (QED) is 0.459. The fourth-order valence-corrected chi connectivity index (χ4v) is 4.21. The molecule has 0 atom stereocenters. The fourth-order valence-electron chi connectivity index (χ4n) is 3.18. The number of rotatable bonds is 6. The highest BCUT2D eigenvalue weighted by molar-refractivity contribution is 7.20. The third kappa shape index (κ3) is 4.10. The molecule has 0 radical (unpaired) electrons. The predicted octanol–water partition coefficient (Wildman–Crippen LogP) is 2.96. The highest BCUT2D eigenvalue weighted by Crippen LogP contribution is 2.28. The smallest absolute Gasteiger partial charge is 0.267 e. The Bertz CT molecular complexity index is 1390. The van der Waals surface area contributed by atoms with Crippen LogP contribution in [0.4, 0.5) is 11.5 Å². The van der Waals surface area contributed by atoms with Crippen LogP contribution in [-0.2, 0) is 11.3 Å². The van der Waals surface area contributed by atoms with Gasteiger partial charge < -0.3 is 19.9 Å². The lowest BCUT2D eigenvalue weighted by atomic mass is 10.2. The van der Waals surface area contributed by atoms with Crippen LogP contribution in [0.15, 0.2) is 46.0 Å². The molecule has 3 aromatic heterocycles. The summed E-state index contributed by atoms with van der Waals surface area (Å²) in [6.07, 6.45) is 1.30. The van der Waals surface area contributed by atoms with Gasteiger partial charge in [0.05, 0.1) is 29.4 Å². The van der Waals surface area contributed by atoms with Crippen LogP contribution in [0.5, 0.6) is 5.75 Å². The van der Waals surface area contributed by atoms with Gasteiger partial charge in [-0.05, 0) is 31.5 Å². The van der Waals surface area contributed by atoms with E-state index in [4.69, 9.17) is 9.26 Å². The number of thiophene rings is 1. The van der Waals surface area contributed by atoms with E-state index < -0.39 is 17.4 Å². The highest BCUT2D eigenvalue weighted by Gasteiger charge is 2.21. The standard InChI is InChI=1S/C21H19N5O5S/c1-11-8-15(25-31-11)24-19(28)18-12(2)17-20(32-18)22-10-26(21(17)29)9-16(27)23-13-6-4-5-7-14(13)30-3/h4-8,10H,9H2,1-3H3,(H,23,27)(H,24,25,28). The van der Waals surface area contributed by atoms with Gasteiger partial charge in [-0.2, -0.15) is 0 Å². The topological polar surface area (TPSA) is 128 Å². The number of carbonyl (C=O) groups excluding carboxylic acids is 2. The summed E-state index contributed by atoms with van der Waals surface area (Å²) in [7, 11) is 1.50. The van der Waals surface area contributed by atoms with E-state index in [1.54, 1.807) is 44.2 Å². The van der Waals surface area contributed by atoms with Crippen molar-refractivity contribution in [1.29, 1.82) is 0 Å². The average Bonchev–Trinajstić information content (AvgIpc) is 3.33. The number of benzene rings is 1. The number of anilines is 2. The van der Waals surface area contributed by atoms with Crippen LogP contribution in [0, 0.1) is 13.8 Å². The molecule has 2 N–H and O–H groups in total. The lowest BCUT2D eigenvalue weighted by Gasteiger charge is -2.10. The van der Waals surface area contributed by atoms with Gasteiger partial charge >= 0.3 is 0 Å². The first-order valence-electron chi connectivity index (χ1n) is 9.53. The van der Waals surface area contributed by atoms with Gasteiger partial charge in [-0.15, -0.1) is 11.3 Å². The summed E-state index contributed by atoms with van der Waals surface area (Å²) in [5.74, 6) is 0.518. The normalized spacial score (nSPS) is 10.8. The summed E-state index contributed by atoms with van der Waals surface area (Å²) < 4.78 is 11.4. The summed E-state index contributed by atoms with van der Waals surface area (Å²) in [5, 5.41) is 9.40. The van der Waals surface area contributed by atoms with Gasteiger partial charge in [0, 0.05) is 6.07 Å². The van der Waals surface area contributed by atoms with Crippen molar-refractivity contribution in [3.05, 3.63) is 63.2 Å². The largest absolute Gasteiger partial charge is 0.495 e. The Morgan fingerprint density at radius 2 is 2.00 bits per heavy atom. The third-order valence-corrected chi connectivity index (χ3v) is 5.89. The second-order valence-corrected chi connectivity index (χ2v) is 7.94. The predicted molar refractivity (Wildman–Crippen MR) is 119 cm³/mol. The zero-order valence-electron chi connectivity index (χ0n) is 17.5. The maximum absolute atomic E-state index is 13.0. The summed E-state index contributed by atoms with van der Waals surface area (Å²) in [6, 6.07) is 8.56. The second kappa shape index (κ2) is 8.63. The summed E-state index contributed by atoms with van der Waals surface area (Å²) in [4.78, 5) is 43.2. The number of aryl methyl sites for hydroxylation is 2. The monoisotopic (exact) mass is 453 g/mol. The van der Waals surface area contributed by atoms with Crippen LogP contribution >= 0.6 is 11.3 Å². The lowest BCUT2D eigenvalue weighted by Crippen LogP contribution is -2.28. The molecule has 3 heterocycles. The zero-order valence-corrected chi connectivity index (χ0v) is 18.3. The van der Waals surface area contributed by atoms with Gasteiger partial charge in [0.15, 0.2) is 5.82 Å². The number of ether oxygens (including phenoxy) is 1. The van der Waals surface area contributed by atoms with Crippen molar-refractivity contribution in [2.75, 3.05) is 17.7 Å². The number of carbonyl (C=O) groups is 2. The van der Waals surface area contributed by atoms with Gasteiger partial charge in [-0.1, -0.05) is 17.3 Å². The molecule has 0 aliphatic rings. The van der Waals surface area contributed by atoms with Crippen LogP contribution in [-0.4, -0.2) is 33.6 Å². The molecule has 11 heteroatoms. The van der Waals surface area contributed by atoms with Crippen LogP contribution in [0.2, 0.25) is 0 Å². The van der Waals surface area contributed by atoms with E-state index in [0.717, 1.165) is 11.3 Å². The van der Waals surface area contributed by atoms with E-state index in [1.807, 2.05) is 0 Å². The first kappa shape index (κ1) is 21.2. The molecule has 0 aliphatic heterocycles. The molecule has 0 aliphatic carbocycles. The molecule has 4 aromatic rings. The molecule has 0 bridgehead atoms. The van der Waals surface area contributed by atoms with E-state index in [1.165, 1.54) is 18.0 Å². The number of amides is 2. The second-order valence-electron chi connectivity index (χ2n) is 6.94. The van der Waals surface area contributed by atoms with Crippen molar-refractivity contribution in [2.45, 2.75) is 20.4 Å². The number of nitrogens with zero attached hydrogens (tertiary/aromatic N) is 3. The average molecular weight is 453 g/mol. The van der Waals surface area contributed by atoms with E-state index >= 15 is 0 Å². The molecular formula is C21H19N5O5S. The first-order chi connectivity index (χ1) is 15.4. The summed E-state index contributed by atoms with van der Waals surface area (Å²) >= 11 is 1.10. The molecule has 0 fully saturated rings. The van der Waals surface area contributed by atoms with E-state index in [-0.39, 0.29) is 12.4 Å². The molecule has 0 saturated carbocycles. The van der Waals surface area contributed by atoms with Crippen molar-refractivity contribution in [2.24, 2.45) is 0 Å². The highest BCUT2D eigenvalue weighted by atomic mass is 32.1. The van der Waals surface area contributed by atoms with Crippen LogP contribution in [0.3, 0.4) is 0 Å². The Labute approximate surface area is 185 Å². The SMILES string of the molecule is COc1ccccc1NC(=O)Cn1cnc2sc(C(=O)Nc3cc(C)on3)c(C)c2c1=O. The molecule has 0 saturated heterocycles. The zero-order chi connectivity index (χ0) is 22.8. The van der Waals surface area contributed by atoms with Crippen molar-refractivity contribution in [3.8, 4) is 5.75 Å². The fraction of sp³-hybridized carbons (Fsp3) is 0.190. The Hall–Kier alpha value is -3.99. The van der Waals surface area contributed by atoms with Crippen molar-refractivity contribution in [1.82, 2.24) is 14.7 Å². The number of nitrogens with one attached hydrogen (secondary N) is 2. The molecule has 2 amide bonds. The van der Waals surface area contributed by atoms with Gasteiger partial charge in [0.25, 0.3) is 11.5 Å². The Balaban J connectivity index is 1.58. The van der Waals surface area contributed by atoms with Gasteiger partial charge in [-0.3, -0.25) is 19.0 Å².